The summed E-state index contributed by atoms with van der Waals surface area (Å²) in [7, 11) is 0. The minimum absolute atomic E-state index is 0.997. The molecule has 38 heavy (non-hydrogen) atoms. The predicted octanol–water partition coefficient (Wildman–Crippen LogP) is 9.82. The average molecular weight is 489 g/mol. The van der Waals surface area contributed by atoms with Crippen LogP contribution in [-0.4, -0.2) is 0 Å². The van der Waals surface area contributed by atoms with Crippen LogP contribution in [0.25, 0.3) is 55.1 Å². The molecule has 0 saturated heterocycles. The van der Waals surface area contributed by atoms with Gasteiger partial charge in [0.25, 0.3) is 0 Å². The maximum Gasteiger partial charge on any atom is -0.00237 e. The van der Waals surface area contributed by atoms with Gasteiger partial charge < -0.3 is 0 Å². The molecule has 0 N–H and O–H groups in total. The zero-order chi connectivity index (χ0) is 26.2. The molecule has 0 atom stereocenters. The SMILES string of the molecule is C=C/C=C\c1cc(/C(C)=c2\ccc3ccc(-c4ccc5ccccc5c4)c4ccc(CC)c2c34)ccc1C. The summed E-state index contributed by atoms with van der Waals surface area (Å²) < 4.78 is 0. The molecule has 0 aromatic heterocycles. The molecule has 0 heterocycles. The van der Waals surface area contributed by atoms with E-state index >= 15 is 0 Å². The molecule has 0 radical (unpaired) electrons. The Balaban J connectivity index is 1.65. The molecule has 0 bridgehead atoms. The molecule has 0 saturated carbocycles. The zero-order valence-electron chi connectivity index (χ0n) is 22.4. The molecular weight excluding hydrogens is 456 g/mol. The maximum absolute atomic E-state index is 3.84. The van der Waals surface area contributed by atoms with Crippen LogP contribution in [0.15, 0.2) is 116 Å². The minimum Gasteiger partial charge on any atom is -0.0991 e. The summed E-state index contributed by atoms with van der Waals surface area (Å²) in [5, 5.41) is 9.23. The molecule has 0 aliphatic rings. The monoisotopic (exact) mass is 488 g/mol. The van der Waals surface area contributed by atoms with Crippen molar-refractivity contribution < 1.29 is 0 Å². The minimum atomic E-state index is 0.997. The Kier molecular flexibility index (Phi) is 6.18. The van der Waals surface area contributed by atoms with Gasteiger partial charge in [0.2, 0.25) is 0 Å². The lowest BCUT2D eigenvalue weighted by atomic mass is 9.87. The summed E-state index contributed by atoms with van der Waals surface area (Å²) in [6.45, 7) is 10.5. The van der Waals surface area contributed by atoms with Crippen molar-refractivity contribution >= 4 is 44.0 Å². The van der Waals surface area contributed by atoms with Gasteiger partial charge in [0.15, 0.2) is 0 Å². The highest BCUT2D eigenvalue weighted by Crippen LogP contribution is 2.36. The van der Waals surface area contributed by atoms with Gasteiger partial charge >= 0.3 is 0 Å². The Morgan fingerprint density at radius 2 is 1.55 bits per heavy atom. The van der Waals surface area contributed by atoms with E-state index in [9.17, 15) is 0 Å². The maximum atomic E-state index is 3.84. The van der Waals surface area contributed by atoms with Crippen LogP contribution in [-0.2, 0) is 6.42 Å². The number of hydrogen-bond acceptors (Lipinski definition) is 0. The van der Waals surface area contributed by atoms with Gasteiger partial charge in [-0.2, -0.15) is 0 Å². The predicted molar refractivity (Wildman–Crippen MR) is 168 cm³/mol. The van der Waals surface area contributed by atoms with E-state index in [1.165, 1.54) is 76.5 Å². The lowest BCUT2D eigenvalue weighted by Crippen LogP contribution is -2.10. The van der Waals surface area contributed by atoms with E-state index in [0.717, 1.165) is 6.42 Å². The standard InChI is InChI=1S/C38H32/c1-5-7-10-30-23-31(14-13-25(30)3)26(4)34-20-18-29-19-21-35(36-22-17-27(6-2)37(34)38(29)36)33-16-15-28-11-8-9-12-32(28)24-33/h5,7-24H,1,6H2,2-4H3/b10-7-,34-26+. The van der Waals surface area contributed by atoms with E-state index in [1.54, 1.807) is 0 Å². The van der Waals surface area contributed by atoms with Crippen molar-refractivity contribution in [3.8, 4) is 11.1 Å². The molecule has 6 aromatic rings. The van der Waals surface area contributed by atoms with Crippen LogP contribution in [0.4, 0.5) is 0 Å². The van der Waals surface area contributed by atoms with Crippen LogP contribution in [0.5, 0.6) is 0 Å². The lowest BCUT2D eigenvalue weighted by molar-refractivity contribution is 1.16. The first-order chi connectivity index (χ1) is 18.6. The van der Waals surface area contributed by atoms with Crippen molar-refractivity contribution in [2.75, 3.05) is 0 Å². The molecule has 0 nitrogen and oxygen atoms in total. The highest BCUT2D eigenvalue weighted by atomic mass is 14.2. The third-order valence-corrected chi connectivity index (χ3v) is 7.97. The van der Waals surface area contributed by atoms with Crippen molar-refractivity contribution in [3.63, 3.8) is 0 Å². The van der Waals surface area contributed by atoms with E-state index < -0.39 is 0 Å². The van der Waals surface area contributed by atoms with Crippen LogP contribution < -0.4 is 5.22 Å². The smallest absolute Gasteiger partial charge is 0.00237 e. The molecule has 0 aliphatic heterocycles. The number of aryl methyl sites for hydroxylation is 2. The summed E-state index contributed by atoms with van der Waals surface area (Å²) in [5.41, 5.74) is 9.01. The highest BCUT2D eigenvalue weighted by molar-refractivity contribution is 6.16. The molecule has 6 aromatic carbocycles. The molecule has 0 aliphatic carbocycles. The van der Waals surface area contributed by atoms with Gasteiger partial charge in [-0.05, 0) is 109 Å². The Labute approximate surface area is 225 Å². The third-order valence-electron chi connectivity index (χ3n) is 7.97. The fourth-order valence-corrected chi connectivity index (χ4v) is 5.82. The van der Waals surface area contributed by atoms with Gasteiger partial charge in [0.05, 0.1) is 0 Å². The Hall–Kier alpha value is -4.42. The van der Waals surface area contributed by atoms with Gasteiger partial charge in [0, 0.05) is 0 Å². The van der Waals surface area contributed by atoms with E-state index in [-0.39, 0.29) is 0 Å². The van der Waals surface area contributed by atoms with Gasteiger partial charge in [-0.25, -0.2) is 0 Å². The van der Waals surface area contributed by atoms with Gasteiger partial charge in [-0.15, -0.1) is 0 Å². The summed E-state index contributed by atoms with van der Waals surface area (Å²) in [6, 6.07) is 36.1. The van der Waals surface area contributed by atoms with E-state index in [1.807, 2.05) is 12.2 Å². The number of fused-ring (bicyclic) bond motifs is 1. The largest absolute Gasteiger partial charge is 0.0991 e. The summed E-state index contributed by atoms with van der Waals surface area (Å²) in [5.74, 6) is 0. The lowest BCUT2D eigenvalue weighted by Gasteiger charge is -2.16. The normalized spacial score (nSPS) is 12.6. The fraction of sp³-hybridized carbons (Fsp3) is 0.105. The molecule has 0 spiro atoms. The third kappa shape index (κ3) is 4.03. The fourth-order valence-electron chi connectivity index (χ4n) is 5.82. The van der Waals surface area contributed by atoms with Gasteiger partial charge in [0.1, 0.15) is 0 Å². The Morgan fingerprint density at radius 1 is 0.763 bits per heavy atom. The van der Waals surface area contributed by atoms with Crippen LogP contribution in [0.2, 0.25) is 0 Å². The number of benzene rings is 6. The van der Waals surface area contributed by atoms with Crippen LogP contribution in [0.1, 0.15) is 36.1 Å². The second-order valence-electron chi connectivity index (χ2n) is 10.2. The van der Waals surface area contributed by atoms with Crippen molar-refractivity contribution in [1.29, 1.82) is 0 Å². The highest BCUT2D eigenvalue weighted by Gasteiger charge is 2.14. The number of rotatable bonds is 5. The van der Waals surface area contributed by atoms with Crippen LogP contribution >= 0.6 is 0 Å². The first-order valence-electron chi connectivity index (χ1n) is 13.5. The van der Waals surface area contributed by atoms with Crippen molar-refractivity contribution in [2.45, 2.75) is 27.2 Å². The van der Waals surface area contributed by atoms with Crippen molar-refractivity contribution in [1.82, 2.24) is 0 Å². The van der Waals surface area contributed by atoms with Gasteiger partial charge in [-0.1, -0.05) is 117 Å². The first-order valence-corrected chi connectivity index (χ1v) is 13.5. The summed E-state index contributed by atoms with van der Waals surface area (Å²) >= 11 is 0. The second kappa shape index (κ2) is 9.80. The number of allylic oxidation sites excluding steroid dienone is 2. The zero-order valence-corrected chi connectivity index (χ0v) is 22.4. The van der Waals surface area contributed by atoms with Gasteiger partial charge in [-0.3, -0.25) is 0 Å². The second-order valence-corrected chi connectivity index (χ2v) is 10.2. The van der Waals surface area contributed by atoms with Crippen molar-refractivity contribution in [2.24, 2.45) is 0 Å². The quantitative estimate of drug-likeness (QED) is 0.212. The Bertz CT molecular complexity index is 1930. The topological polar surface area (TPSA) is 0 Å². The molecule has 0 amide bonds. The molecule has 0 fully saturated rings. The first kappa shape index (κ1) is 23.9. The average Bonchev–Trinajstić information content (AvgIpc) is 2.96. The number of hydrogen-bond donors (Lipinski definition) is 0. The molecule has 6 rings (SSSR count). The summed E-state index contributed by atoms with van der Waals surface area (Å²) in [4.78, 5) is 0. The molecular formula is C38H32. The molecule has 0 heteroatoms. The van der Waals surface area contributed by atoms with E-state index in [0.29, 0.717) is 0 Å². The van der Waals surface area contributed by atoms with Crippen LogP contribution in [0, 0.1) is 6.92 Å². The summed E-state index contributed by atoms with van der Waals surface area (Å²) in [6.07, 6.45) is 6.98. The van der Waals surface area contributed by atoms with Crippen LogP contribution in [0.3, 0.4) is 0 Å². The van der Waals surface area contributed by atoms with E-state index in [4.69, 9.17) is 0 Å². The Morgan fingerprint density at radius 3 is 2.37 bits per heavy atom. The molecule has 184 valence electrons. The van der Waals surface area contributed by atoms with Crippen molar-refractivity contribution in [3.05, 3.63) is 143 Å². The van der Waals surface area contributed by atoms with E-state index in [2.05, 4.69) is 130 Å². The molecule has 0 unspecified atom stereocenters.